The maximum Gasteiger partial charge on any atom is 0.252 e. The average molecular weight is 380 g/mol. The van der Waals surface area contributed by atoms with Crippen LogP contribution in [0.15, 0.2) is 47.2 Å². The maximum absolute atomic E-state index is 12.5. The Balaban J connectivity index is 1.43. The highest BCUT2D eigenvalue weighted by Crippen LogP contribution is 2.30. The van der Waals surface area contributed by atoms with Crippen LogP contribution >= 0.6 is 11.3 Å². The number of aryl methyl sites for hydroxylation is 1. The quantitative estimate of drug-likeness (QED) is 0.690. The fraction of sp³-hybridized carbons (Fsp3) is 0.250. The summed E-state index contributed by atoms with van der Waals surface area (Å²) in [6.45, 7) is 0.294. The summed E-state index contributed by atoms with van der Waals surface area (Å²) in [7, 11) is 0. The molecule has 7 heteroatoms. The van der Waals surface area contributed by atoms with Crippen molar-refractivity contribution in [2.45, 2.75) is 25.7 Å². The molecule has 2 amide bonds. The summed E-state index contributed by atoms with van der Waals surface area (Å²) in [6.07, 6.45) is 3.14. The number of fused-ring (bicyclic) bond motifs is 1. The molecule has 6 nitrogen and oxygen atoms in total. The van der Waals surface area contributed by atoms with E-state index < -0.39 is 0 Å². The topological polar surface area (TPSA) is 76.0 Å². The Morgan fingerprint density at radius 3 is 2.78 bits per heavy atom. The van der Waals surface area contributed by atoms with E-state index >= 15 is 0 Å². The van der Waals surface area contributed by atoms with E-state index in [1.54, 1.807) is 11.4 Å². The second-order valence-electron chi connectivity index (χ2n) is 6.44. The maximum atomic E-state index is 12.5. The third-order valence-electron chi connectivity index (χ3n) is 4.59. The molecule has 0 bridgehead atoms. The molecule has 1 aliphatic rings. The number of carbonyl (C=O) groups is 2. The molecule has 0 fully saturated rings. The number of para-hydroxylation sites is 1. The Kier molecular flexibility index (Phi) is 5.02. The Hall–Kier alpha value is -2.93. The summed E-state index contributed by atoms with van der Waals surface area (Å²) in [6, 6.07) is 11.6. The van der Waals surface area contributed by atoms with Gasteiger partial charge in [0.2, 0.25) is 5.91 Å². The lowest BCUT2D eigenvalue weighted by Crippen LogP contribution is -2.27. The Morgan fingerprint density at radius 2 is 2.00 bits per heavy atom. The first-order valence-corrected chi connectivity index (χ1v) is 9.93. The minimum Gasteiger partial charge on any atom is -0.351 e. The zero-order valence-electron chi connectivity index (χ0n) is 14.8. The molecule has 0 saturated carbocycles. The largest absolute Gasteiger partial charge is 0.351 e. The summed E-state index contributed by atoms with van der Waals surface area (Å²) in [4.78, 5) is 24.4. The molecule has 2 heterocycles. The van der Waals surface area contributed by atoms with Gasteiger partial charge < -0.3 is 10.6 Å². The van der Waals surface area contributed by atoms with Crippen LogP contribution in [0.1, 0.15) is 34.5 Å². The van der Waals surface area contributed by atoms with Crippen molar-refractivity contribution >= 4 is 29.0 Å². The number of nitrogens with one attached hydrogen (secondary N) is 2. The van der Waals surface area contributed by atoms with Crippen molar-refractivity contribution < 1.29 is 9.59 Å². The molecule has 0 atom stereocenters. The van der Waals surface area contributed by atoms with Gasteiger partial charge in [0, 0.05) is 29.5 Å². The summed E-state index contributed by atoms with van der Waals surface area (Å²) < 4.78 is 1.81. The van der Waals surface area contributed by atoms with Crippen LogP contribution in [-0.4, -0.2) is 28.1 Å². The molecule has 3 aromatic rings. The third-order valence-corrected chi connectivity index (χ3v) is 5.27. The average Bonchev–Trinajstić information content (AvgIpc) is 3.41. The number of aromatic nitrogens is 2. The SMILES string of the molecule is O=C(CCNC(=O)c1ccsc1)Nc1c2c(nn1-c1ccccc1)CCC2. The van der Waals surface area contributed by atoms with Crippen LogP contribution in [0, 0.1) is 0 Å². The predicted molar refractivity (Wildman–Crippen MR) is 105 cm³/mol. The van der Waals surface area contributed by atoms with Crippen LogP contribution < -0.4 is 10.6 Å². The number of benzene rings is 1. The normalized spacial score (nSPS) is 12.6. The van der Waals surface area contributed by atoms with Gasteiger partial charge in [0.25, 0.3) is 5.91 Å². The highest BCUT2D eigenvalue weighted by molar-refractivity contribution is 7.08. The lowest BCUT2D eigenvalue weighted by atomic mass is 10.2. The number of hydrogen-bond donors (Lipinski definition) is 2. The summed E-state index contributed by atoms with van der Waals surface area (Å²) in [5, 5.41) is 14.1. The zero-order chi connectivity index (χ0) is 18.6. The molecule has 0 saturated heterocycles. The first-order chi connectivity index (χ1) is 13.2. The molecule has 2 aromatic heterocycles. The number of thiophene rings is 1. The molecule has 1 aliphatic carbocycles. The van der Waals surface area contributed by atoms with Crippen LogP contribution in [0.3, 0.4) is 0 Å². The van der Waals surface area contributed by atoms with Gasteiger partial charge in [-0.3, -0.25) is 9.59 Å². The van der Waals surface area contributed by atoms with Crippen LogP contribution in [0.4, 0.5) is 5.82 Å². The van der Waals surface area contributed by atoms with Gasteiger partial charge in [0.1, 0.15) is 5.82 Å². The van der Waals surface area contributed by atoms with Crippen molar-refractivity contribution in [2.24, 2.45) is 0 Å². The predicted octanol–water partition coefficient (Wildman–Crippen LogP) is 3.18. The fourth-order valence-electron chi connectivity index (χ4n) is 3.26. The summed E-state index contributed by atoms with van der Waals surface area (Å²) in [5.41, 5.74) is 3.72. The van der Waals surface area contributed by atoms with Crippen molar-refractivity contribution in [3.8, 4) is 5.69 Å². The number of amides is 2. The van der Waals surface area contributed by atoms with Gasteiger partial charge in [-0.05, 0) is 42.8 Å². The molecule has 0 spiro atoms. The van der Waals surface area contributed by atoms with E-state index in [-0.39, 0.29) is 18.2 Å². The molecular weight excluding hydrogens is 360 g/mol. The van der Waals surface area contributed by atoms with E-state index in [0.717, 1.165) is 42.0 Å². The van der Waals surface area contributed by atoms with Crippen molar-refractivity contribution in [3.05, 3.63) is 64.0 Å². The van der Waals surface area contributed by atoms with Crippen molar-refractivity contribution in [3.63, 3.8) is 0 Å². The number of anilines is 1. The minimum atomic E-state index is -0.153. The molecule has 2 N–H and O–H groups in total. The van der Waals surface area contributed by atoms with Gasteiger partial charge in [0.15, 0.2) is 0 Å². The van der Waals surface area contributed by atoms with Crippen LogP contribution in [0.2, 0.25) is 0 Å². The highest BCUT2D eigenvalue weighted by atomic mass is 32.1. The smallest absolute Gasteiger partial charge is 0.252 e. The molecule has 0 radical (unpaired) electrons. The Labute approximate surface area is 161 Å². The van der Waals surface area contributed by atoms with Crippen LogP contribution in [-0.2, 0) is 17.6 Å². The molecule has 1 aromatic carbocycles. The molecule has 138 valence electrons. The van der Waals surface area contributed by atoms with Gasteiger partial charge in [-0.2, -0.15) is 16.4 Å². The van der Waals surface area contributed by atoms with Crippen LogP contribution in [0.5, 0.6) is 0 Å². The van der Waals surface area contributed by atoms with Gasteiger partial charge in [-0.15, -0.1) is 0 Å². The van der Waals surface area contributed by atoms with Crippen molar-refractivity contribution in [2.75, 3.05) is 11.9 Å². The van der Waals surface area contributed by atoms with Crippen LogP contribution in [0.25, 0.3) is 5.69 Å². The van der Waals surface area contributed by atoms with E-state index in [4.69, 9.17) is 0 Å². The van der Waals surface area contributed by atoms with Gasteiger partial charge >= 0.3 is 0 Å². The fourth-order valence-corrected chi connectivity index (χ4v) is 3.89. The van der Waals surface area contributed by atoms with Crippen molar-refractivity contribution in [1.82, 2.24) is 15.1 Å². The molecule has 27 heavy (non-hydrogen) atoms. The number of rotatable bonds is 6. The van der Waals surface area contributed by atoms with Crippen molar-refractivity contribution in [1.29, 1.82) is 0 Å². The molecule has 0 aliphatic heterocycles. The highest BCUT2D eigenvalue weighted by Gasteiger charge is 2.24. The van der Waals surface area contributed by atoms with Gasteiger partial charge in [-0.1, -0.05) is 18.2 Å². The van der Waals surface area contributed by atoms with E-state index in [2.05, 4.69) is 15.7 Å². The lowest BCUT2D eigenvalue weighted by molar-refractivity contribution is -0.116. The molecule has 4 rings (SSSR count). The van der Waals surface area contributed by atoms with Gasteiger partial charge in [0.05, 0.1) is 11.4 Å². The van der Waals surface area contributed by atoms with E-state index in [1.165, 1.54) is 11.3 Å². The summed E-state index contributed by atoms with van der Waals surface area (Å²) >= 11 is 1.47. The van der Waals surface area contributed by atoms with Gasteiger partial charge in [-0.25, -0.2) is 4.68 Å². The van der Waals surface area contributed by atoms with E-state index in [9.17, 15) is 9.59 Å². The monoisotopic (exact) mass is 380 g/mol. The lowest BCUT2D eigenvalue weighted by Gasteiger charge is -2.11. The molecular formula is C20H20N4O2S. The number of nitrogens with zero attached hydrogens (tertiary/aromatic N) is 2. The number of carbonyl (C=O) groups excluding carboxylic acids is 2. The van der Waals surface area contributed by atoms with E-state index in [1.807, 2.05) is 40.4 Å². The Morgan fingerprint density at radius 1 is 1.15 bits per heavy atom. The third kappa shape index (κ3) is 3.78. The molecule has 0 unspecified atom stereocenters. The summed E-state index contributed by atoms with van der Waals surface area (Å²) in [5.74, 6) is 0.467. The second-order valence-corrected chi connectivity index (χ2v) is 7.22. The Bertz CT molecular complexity index is 948. The second kappa shape index (κ2) is 7.75. The first-order valence-electron chi connectivity index (χ1n) is 8.99. The minimum absolute atomic E-state index is 0.132. The first kappa shape index (κ1) is 17.5. The van der Waals surface area contributed by atoms with E-state index in [0.29, 0.717) is 12.1 Å². The number of hydrogen-bond acceptors (Lipinski definition) is 4. The standard InChI is InChI=1S/C20H20N4O2S/c25-18(9-11-21-20(26)14-10-12-27-13-14)22-19-16-7-4-8-17(16)23-24(19)15-5-2-1-3-6-15/h1-3,5-6,10,12-13H,4,7-9,11H2,(H,21,26)(H,22,25). The zero-order valence-corrected chi connectivity index (χ0v) is 15.6.